The summed E-state index contributed by atoms with van der Waals surface area (Å²) in [5, 5.41) is 12.4. The number of carboxylic acid groups (broad SMARTS) is 1. The summed E-state index contributed by atoms with van der Waals surface area (Å²) >= 11 is 0. The van der Waals surface area contributed by atoms with Crippen molar-refractivity contribution in [2.24, 2.45) is 5.14 Å². The van der Waals surface area contributed by atoms with Crippen molar-refractivity contribution in [1.29, 1.82) is 0 Å². The second-order valence-electron chi connectivity index (χ2n) is 6.24. The van der Waals surface area contributed by atoms with E-state index in [1.807, 2.05) is 0 Å². The van der Waals surface area contributed by atoms with E-state index in [1.54, 1.807) is 0 Å². The Kier molecular flexibility index (Phi) is 20.4. The van der Waals surface area contributed by atoms with E-state index < -0.39 is 16.3 Å². The molecule has 0 heterocycles. The van der Waals surface area contributed by atoms with E-state index in [9.17, 15) is 4.79 Å². The molecule has 0 amide bonds. The van der Waals surface area contributed by atoms with Gasteiger partial charge < -0.3 is 5.11 Å². The maximum absolute atomic E-state index is 10.3. The highest BCUT2D eigenvalue weighted by Crippen LogP contribution is 2.09. The highest BCUT2D eigenvalue weighted by molar-refractivity contribution is 7.83. The summed E-state index contributed by atoms with van der Waals surface area (Å²) < 4.78 is 25.2. The number of allylic oxidation sites excluding steroid dienone is 2. The maximum Gasteiger partial charge on any atom is 0.330 e. The van der Waals surface area contributed by atoms with Gasteiger partial charge in [-0.2, -0.15) is 8.42 Å². The summed E-state index contributed by atoms with van der Waals surface area (Å²) in [5.74, 6) is -0.664. The van der Waals surface area contributed by atoms with Gasteiger partial charge in [0.25, 0.3) is 0 Å². The van der Waals surface area contributed by atoms with Gasteiger partial charge in [0, 0.05) is 6.42 Å². The van der Waals surface area contributed by atoms with E-state index in [0.717, 1.165) is 12.8 Å². The molecule has 0 bridgehead atoms. The summed E-state index contributed by atoms with van der Waals surface area (Å²) in [6.07, 6.45) is 21.2. The van der Waals surface area contributed by atoms with Crippen LogP contribution in [0.5, 0.6) is 0 Å². The fourth-order valence-corrected chi connectivity index (χ4v) is 2.35. The molecule has 0 aromatic rings. The molecule has 6 nitrogen and oxygen atoms in total. The lowest BCUT2D eigenvalue weighted by molar-refractivity contribution is -0.137. The number of hydrogen-bond acceptors (Lipinski definition) is 3. The van der Waals surface area contributed by atoms with Gasteiger partial charge in [-0.25, -0.2) is 5.14 Å². The lowest BCUT2D eigenvalue weighted by atomic mass is 10.1. The van der Waals surface area contributed by atoms with Crippen LogP contribution in [0.3, 0.4) is 0 Å². The van der Waals surface area contributed by atoms with Crippen LogP contribution in [-0.4, -0.2) is 24.0 Å². The zero-order chi connectivity index (χ0) is 19.4. The Morgan fingerprint density at radius 3 is 1.60 bits per heavy atom. The molecule has 4 N–H and O–H groups in total. The first kappa shape index (κ1) is 26.3. The molecule has 0 radical (unpaired) electrons. The Balaban J connectivity index is 0. The van der Waals surface area contributed by atoms with E-state index in [4.69, 9.17) is 18.1 Å². The molecular formula is C18H37NO5S. The molecule has 0 aliphatic rings. The van der Waals surface area contributed by atoms with Gasteiger partial charge in [-0.3, -0.25) is 9.35 Å². The minimum Gasteiger partial charge on any atom is -0.481 e. The quantitative estimate of drug-likeness (QED) is 0.213. The highest BCUT2D eigenvalue weighted by atomic mass is 32.2. The lowest BCUT2D eigenvalue weighted by Gasteiger charge is -1.99. The number of aliphatic carboxylic acids is 1. The largest absolute Gasteiger partial charge is 0.481 e. The third kappa shape index (κ3) is 39.7. The fourth-order valence-electron chi connectivity index (χ4n) is 2.35. The third-order valence-electron chi connectivity index (χ3n) is 3.65. The smallest absolute Gasteiger partial charge is 0.330 e. The normalized spacial score (nSPS) is 11.3. The van der Waals surface area contributed by atoms with E-state index in [-0.39, 0.29) is 0 Å². The average Bonchev–Trinajstić information content (AvgIpc) is 2.49. The number of nitrogens with two attached hydrogens (primary N) is 1. The molecule has 0 saturated carbocycles. The van der Waals surface area contributed by atoms with Gasteiger partial charge in [0.15, 0.2) is 0 Å². The molecule has 0 aliphatic carbocycles. The Labute approximate surface area is 153 Å². The lowest BCUT2D eigenvalue weighted by Crippen LogP contribution is -2.08. The number of rotatable bonds is 15. The van der Waals surface area contributed by atoms with Crippen LogP contribution < -0.4 is 5.14 Å². The fraction of sp³-hybridized carbons (Fsp3) is 0.833. The molecule has 7 heteroatoms. The van der Waals surface area contributed by atoms with Crippen molar-refractivity contribution >= 4 is 16.3 Å². The first-order valence-electron chi connectivity index (χ1n) is 9.39. The van der Waals surface area contributed by atoms with Gasteiger partial charge in [0.2, 0.25) is 0 Å². The topological polar surface area (TPSA) is 118 Å². The third-order valence-corrected chi connectivity index (χ3v) is 3.65. The summed E-state index contributed by atoms with van der Waals surface area (Å²) in [4.78, 5) is 10.3. The van der Waals surface area contributed by atoms with E-state index in [1.165, 1.54) is 70.6 Å². The second-order valence-corrected chi connectivity index (χ2v) is 7.27. The predicted molar refractivity (Wildman–Crippen MR) is 103 cm³/mol. The Hall–Kier alpha value is -0.920. The van der Waals surface area contributed by atoms with Gasteiger partial charge in [0.05, 0.1) is 0 Å². The van der Waals surface area contributed by atoms with Crippen molar-refractivity contribution in [2.45, 2.75) is 96.8 Å². The first-order chi connectivity index (χ1) is 11.8. The van der Waals surface area contributed by atoms with Crippen LogP contribution in [0, 0.1) is 0 Å². The average molecular weight is 380 g/mol. The molecule has 0 aromatic carbocycles. The van der Waals surface area contributed by atoms with E-state index in [0.29, 0.717) is 6.42 Å². The Morgan fingerprint density at radius 1 is 0.840 bits per heavy atom. The minimum absolute atomic E-state index is 0.332. The molecule has 0 spiro atoms. The Morgan fingerprint density at radius 2 is 1.20 bits per heavy atom. The zero-order valence-electron chi connectivity index (χ0n) is 15.7. The number of carbonyl (C=O) groups is 1. The summed E-state index contributed by atoms with van der Waals surface area (Å²) in [6.45, 7) is 2.26. The monoisotopic (exact) mass is 379 g/mol. The van der Waals surface area contributed by atoms with Gasteiger partial charge in [-0.05, 0) is 32.1 Å². The van der Waals surface area contributed by atoms with Crippen molar-refractivity contribution in [2.75, 3.05) is 0 Å². The van der Waals surface area contributed by atoms with Crippen molar-refractivity contribution in [3.05, 3.63) is 12.2 Å². The molecule has 0 aliphatic heterocycles. The number of carboxylic acids is 1. The number of hydrogen-bond donors (Lipinski definition) is 3. The molecule has 0 aromatic heterocycles. The van der Waals surface area contributed by atoms with Crippen LogP contribution in [0.25, 0.3) is 0 Å². The van der Waals surface area contributed by atoms with Crippen molar-refractivity contribution < 1.29 is 22.9 Å². The molecule has 0 unspecified atom stereocenters. The van der Waals surface area contributed by atoms with Gasteiger partial charge in [0.1, 0.15) is 0 Å². The molecule has 25 heavy (non-hydrogen) atoms. The zero-order valence-corrected chi connectivity index (χ0v) is 16.5. The first-order valence-corrected chi connectivity index (χ1v) is 10.9. The van der Waals surface area contributed by atoms with Crippen LogP contribution in [0.2, 0.25) is 0 Å². The van der Waals surface area contributed by atoms with Crippen LogP contribution in [0.4, 0.5) is 0 Å². The number of unbranched alkanes of at least 4 members (excludes halogenated alkanes) is 11. The predicted octanol–water partition coefficient (Wildman–Crippen LogP) is 4.86. The summed E-state index contributed by atoms with van der Waals surface area (Å²) in [5.41, 5.74) is 0. The molecule has 0 fully saturated rings. The molecule has 0 saturated heterocycles. The standard InChI is InChI=1S/C18H34O2.H3NO3S/c1-2-3-4-5-6-7-8-9-10-11-12-13-14-15-16-17-18(19)20;1-5(2,3)4/h9-10H,2-8,11-17H2,1H3,(H,19,20);(H3,1,2,3,4)/b10-9-;. The highest BCUT2D eigenvalue weighted by Gasteiger charge is 1.95. The van der Waals surface area contributed by atoms with Gasteiger partial charge in [-0.15, -0.1) is 0 Å². The van der Waals surface area contributed by atoms with Crippen LogP contribution in [0.1, 0.15) is 96.8 Å². The second kappa shape index (κ2) is 19.4. The van der Waals surface area contributed by atoms with Gasteiger partial charge in [-0.1, -0.05) is 70.4 Å². The van der Waals surface area contributed by atoms with Crippen LogP contribution >= 0.6 is 0 Å². The molecule has 0 atom stereocenters. The Bertz CT molecular complexity index is 413. The molecule has 150 valence electrons. The SMILES string of the molecule is CCCCCCCC/C=C\CCCCCCCC(=O)O.NS(=O)(=O)O. The minimum atomic E-state index is -4.17. The summed E-state index contributed by atoms with van der Waals surface area (Å²) in [7, 11) is -4.17. The van der Waals surface area contributed by atoms with Crippen molar-refractivity contribution in [3.63, 3.8) is 0 Å². The van der Waals surface area contributed by atoms with E-state index in [2.05, 4.69) is 24.2 Å². The van der Waals surface area contributed by atoms with Gasteiger partial charge >= 0.3 is 16.3 Å². The van der Waals surface area contributed by atoms with Crippen LogP contribution in [-0.2, 0) is 15.1 Å². The van der Waals surface area contributed by atoms with Crippen molar-refractivity contribution in [1.82, 2.24) is 0 Å². The van der Waals surface area contributed by atoms with Crippen molar-refractivity contribution in [3.8, 4) is 0 Å². The molecular weight excluding hydrogens is 342 g/mol. The molecule has 0 rings (SSSR count). The summed E-state index contributed by atoms with van der Waals surface area (Å²) in [6, 6.07) is 0. The van der Waals surface area contributed by atoms with Crippen LogP contribution in [0.15, 0.2) is 12.2 Å². The van der Waals surface area contributed by atoms with E-state index >= 15 is 0 Å². The maximum atomic E-state index is 10.3.